The number of benzene rings is 3. The molecule has 0 fully saturated rings. The summed E-state index contributed by atoms with van der Waals surface area (Å²) < 4.78 is 0. The Morgan fingerprint density at radius 3 is 2.20 bits per heavy atom. The molecule has 1 aromatic heterocycles. The molecule has 4 rings (SSSR count). The van der Waals surface area contributed by atoms with Crippen molar-refractivity contribution in [2.24, 2.45) is 4.99 Å². The van der Waals surface area contributed by atoms with Gasteiger partial charge in [0.25, 0.3) is 0 Å². The number of hydrogen-bond acceptors (Lipinski definition) is 1. The second-order valence-electron chi connectivity index (χ2n) is 5.65. The molecule has 0 bridgehead atoms. The van der Waals surface area contributed by atoms with Crippen LogP contribution in [0.4, 0.5) is 5.69 Å². The first-order chi connectivity index (χ1) is 12.2. The second kappa shape index (κ2) is 6.75. The number of hydrogen-bond donors (Lipinski definition) is 1. The average molecular weight is 365 g/mol. The smallest absolute Gasteiger partial charge is 0.0963 e. The summed E-state index contributed by atoms with van der Waals surface area (Å²) in [4.78, 5) is 8.20. The van der Waals surface area contributed by atoms with Gasteiger partial charge in [0.15, 0.2) is 0 Å². The minimum absolute atomic E-state index is 0.581. The summed E-state index contributed by atoms with van der Waals surface area (Å²) >= 11 is 12.5. The Morgan fingerprint density at radius 2 is 1.44 bits per heavy atom. The number of H-pyrrole nitrogens is 1. The molecule has 4 aromatic rings. The Bertz CT molecular complexity index is 1050. The Labute approximate surface area is 155 Å². The van der Waals surface area contributed by atoms with Gasteiger partial charge in [-0.15, -0.1) is 0 Å². The number of nitrogens with zero attached hydrogens (tertiary/aromatic N) is 1. The van der Waals surface area contributed by atoms with Gasteiger partial charge in [-0.05, 0) is 18.2 Å². The summed E-state index contributed by atoms with van der Waals surface area (Å²) in [5, 5.41) is 2.22. The van der Waals surface area contributed by atoms with E-state index in [4.69, 9.17) is 28.2 Å². The van der Waals surface area contributed by atoms with Gasteiger partial charge in [0.05, 0.1) is 21.4 Å². The average Bonchev–Trinajstić information content (AvgIpc) is 3.01. The van der Waals surface area contributed by atoms with E-state index in [1.807, 2.05) is 54.6 Å². The zero-order valence-corrected chi connectivity index (χ0v) is 14.7. The van der Waals surface area contributed by atoms with E-state index >= 15 is 0 Å². The Kier molecular flexibility index (Phi) is 4.31. The lowest BCUT2D eigenvalue weighted by atomic mass is 10.1. The summed E-state index contributed by atoms with van der Waals surface area (Å²) in [6, 6.07) is 23.7. The Morgan fingerprint density at radius 1 is 0.760 bits per heavy atom. The zero-order chi connectivity index (χ0) is 17.2. The van der Waals surface area contributed by atoms with Gasteiger partial charge < -0.3 is 4.98 Å². The van der Waals surface area contributed by atoms with Crippen LogP contribution in [0.1, 0.15) is 5.56 Å². The number of halogens is 2. The summed E-state index contributed by atoms with van der Waals surface area (Å²) in [5.74, 6) is 0. The van der Waals surface area contributed by atoms with Crippen molar-refractivity contribution in [3.8, 4) is 11.3 Å². The van der Waals surface area contributed by atoms with Crippen molar-refractivity contribution in [2.75, 3.05) is 0 Å². The molecule has 25 heavy (non-hydrogen) atoms. The zero-order valence-electron chi connectivity index (χ0n) is 13.2. The van der Waals surface area contributed by atoms with Crippen LogP contribution in [0.2, 0.25) is 10.0 Å². The number of fused-ring (bicyclic) bond motifs is 1. The monoisotopic (exact) mass is 364 g/mol. The van der Waals surface area contributed by atoms with Crippen LogP contribution in [0.15, 0.2) is 77.8 Å². The molecule has 2 nitrogen and oxygen atoms in total. The third-order valence-corrected chi connectivity index (χ3v) is 4.72. The fraction of sp³-hybridized carbons (Fsp3) is 0. The van der Waals surface area contributed by atoms with Crippen LogP contribution in [0.5, 0.6) is 0 Å². The van der Waals surface area contributed by atoms with Crippen molar-refractivity contribution < 1.29 is 0 Å². The first-order valence-corrected chi connectivity index (χ1v) is 8.64. The van der Waals surface area contributed by atoms with E-state index < -0.39 is 0 Å². The van der Waals surface area contributed by atoms with Crippen molar-refractivity contribution in [1.82, 2.24) is 4.98 Å². The van der Waals surface area contributed by atoms with Crippen LogP contribution >= 0.6 is 23.2 Å². The Hall–Kier alpha value is -2.55. The van der Waals surface area contributed by atoms with Crippen LogP contribution in [0.25, 0.3) is 22.2 Å². The number of aliphatic imine (C=N–C) groups is 1. The highest BCUT2D eigenvalue weighted by molar-refractivity contribution is 6.38. The Balaban J connectivity index is 1.90. The summed E-state index contributed by atoms with van der Waals surface area (Å²) in [5.41, 5.74) is 4.68. The standard InChI is InChI=1S/C21H14Cl2N2/c22-17-10-6-11-18(23)16(17)13-24-21-15-9-4-5-12-19(15)25-20(21)14-7-2-1-3-8-14/h1-13,25H. The summed E-state index contributed by atoms with van der Waals surface area (Å²) in [6.45, 7) is 0. The fourth-order valence-corrected chi connectivity index (χ4v) is 3.33. The molecule has 4 heteroatoms. The molecular weight excluding hydrogens is 351 g/mol. The molecule has 0 atom stereocenters. The van der Waals surface area contributed by atoms with E-state index in [-0.39, 0.29) is 0 Å². The maximum atomic E-state index is 6.26. The van der Waals surface area contributed by atoms with Crippen LogP contribution in [-0.2, 0) is 0 Å². The first kappa shape index (κ1) is 15.9. The third kappa shape index (κ3) is 3.07. The molecule has 0 saturated heterocycles. The minimum Gasteiger partial charge on any atom is -0.353 e. The van der Waals surface area contributed by atoms with Gasteiger partial charge >= 0.3 is 0 Å². The number of aromatic nitrogens is 1. The highest BCUT2D eigenvalue weighted by Gasteiger charge is 2.12. The number of aromatic amines is 1. The molecule has 122 valence electrons. The highest BCUT2D eigenvalue weighted by Crippen LogP contribution is 2.37. The number of nitrogens with one attached hydrogen (secondary N) is 1. The van der Waals surface area contributed by atoms with Crippen molar-refractivity contribution >= 4 is 46.0 Å². The first-order valence-electron chi connectivity index (χ1n) is 7.88. The quantitative estimate of drug-likeness (QED) is 0.383. The molecule has 0 aliphatic carbocycles. The van der Waals surface area contributed by atoms with Gasteiger partial charge in [0.2, 0.25) is 0 Å². The highest BCUT2D eigenvalue weighted by atomic mass is 35.5. The second-order valence-corrected chi connectivity index (χ2v) is 6.47. The van der Waals surface area contributed by atoms with Crippen LogP contribution in [0, 0.1) is 0 Å². The molecule has 3 aromatic carbocycles. The predicted octanol–water partition coefficient (Wildman–Crippen LogP) is 6.89. The van der Waals surface area contributed by atoms with E-state index in [0.717, 1.165) is 33.4 Å². The largest absolute Gasteiger partial charge is 0.353 e. The third-order valence-electron chi connectivity index (χ3n) is 4.06. The SMILES string of the molecule is Clc1cccc(Cl)c1C=Nc1c(-c2ccccc2)[nH]c2ccccc12. The van der Waals surface area contributed by atoms with Crippen LogP contribution in [-0.4, -0.2) is 11.2 Å². The van der Waals surface area contributed by atoms with Crippen LogP contribution in [0.3, 0.4) is 0 Å². The molecule has 0 spiro atoms. The molecule has 0 unspecified atom stereocenters. The molecule has 1 heterocycles. The van der Waals surface area contributed by atoms with Crippen molar-refractivity contribution in [3.05, 3.63) is 88.4 Å². The van der Waals surface area contributed by atoms with Gasteiger partial charge in [0.1, 0.15) is 0 Å². The molecule has 0 saturated carbocycles. The lowest BCUT2D eigenvalue weighted by Gasteiger charge is -2.02. The normalized spacial score (nSPS) is 11.4. The molecule has 0 amide bonds. The number of para-hydroxylation sites is 1. The van der Waals surface area contributed by atoms with E-state index in [9.17, 15) is 0 Å². The molecular formula is C21H14Cl2N2. The topological polar surface area (TPSA) is 28.1 Å². The predicted molar refractivity (Wildman–Crippen MR) is 107 cm³/mol. The fourth-order valence-electron chi connectivity index (χ4n) is 2.84. The maximum absolute atomic E-state index is 6.26. The van der Waals surface area contributed by atoms with Crippen molar-refractivity contribution in [3.63, 3.8) is 0 Å². The van der Waals surface area contributed by atoms with Crippen molar-refractivity contribution in [1.29, 1.82) is 0 Å². The van der Waals surface area contributed by atoms with Crippen LogP contribution < -0.4 is 0 Å². The van der Waals surface area contributed by atoms with Gasteiger partial charge in [-0.25, -0.2) is 0 Å². The van der Waals surface area contributed by atoms with E-state index in [2.05, 4.69) is 23.2 Å². The van der Waals surface area contributed by atoms with E-state index in [0.29, 0.717) is 10.0 Å². The molecule has 0 aliphatic rings. The van der Waals surface area contributed by atoms with E-state index in [1.54, 1.807) is 6.21 Å². The molecule has 1 N–H and O–H groups in total. The van der Waals surface area contributed by atoms with Gasteiger partial charge in [0, 0.05) is 28.2 Å². The van der Waals surface area contributed by atoms with Gasteiger partial charge in [-0.2, -0.15) is 0 Å². The van der Waals surface area contributed by atoms with E-state index in [1.165, 1.54) is 0 Å². The van der Waals surface area contributed by atoms with Crippen molar-refractivity contribution in [2.45, 2.75) is 0 Å². The molecule has 0 radical (unpaired) electrons. The lowest BCUT2D eigenvalue weighted by Crippen LogP contribution is -1.85. The maximum Gasteiger partial charge on any atom is 0.0963 e. The minimum atomic E-state index is 0.581. The molecule has 0 aliphatic heterocycles. The lowest BCUT2D eigenvalue weighted by molar-refractivity contribution is 1.43. The van der Waals surface area contributed by atoms with Gasteiger partial charge in [-0.3, -0.25) is 4.99 Å². The summed E-state index contributed by atoms with van der Waals surface area (Å²) in [7, 11) is 0. The summed E-state index contributed by atoms with van der Waals surface area (Å²) in [6.07, 6.45) is 1.73. The number of rotatable bonds is 3. The van der Waals surface area contributed by atoms with Gasteiger partial charge in [-0.1, -0.05) is 77.8 Å².